The summed E-state index contributed by atoms with van der Waals surface area (Å²) in [5.41, 5.74) is 16.9. The molecule has 47 heteroatoms. The third kappa shape index (κ3) is 38.2. The Labute approximate surface area is 870 Å². The Morgan fingerprint density at radius 3 is 1.59 bits per heavy atom. The second-order valence-corrected chi connectivity index (χ2v) is 41.3. The topological polar surface area (TPSA) is 766 Å². The van der Waals surface area contributed by atoms with Gasteiger partial charge in [-0.05, 0) is 156 Å². The lowest BCUT2D eigenvalue weighted by atomic mass is 9.91. The lowest BCUT2D eigenvalue weighted by Gasteiger charge is -2.35. The molecule has 2 aromatic carbocycles. The second kappa shape index (κ2) is 62.6. The Morgan fingerprint density at radius 1 is 0.503 bits per heavy atom. The van der Waals surface area contributed by atoms with Crippen LogP contribution in [0.25, 0.3) is 0 Å². The number of aliphatic hydroxyl groups excluding tert-OH is 13. The lowest BCUT2D eigenvalue weighted by Crippen LogP contribution is -2.65. The molecule has 0 aromatic heterocycles. The molecule has 840 valence electrons. The summed E-state index contributed by atoms with van der Waals surface area (Å²) in [6.45, 7) is 12.1. The first-order chi connectivity index (χ1) is 70.7. The molecule has 0 radical (unpaired) electrons. The molecule has 0 spiro atoms. The van der Waals surface area contributed by atoms with E-state index < -0.39 is 286 Å². The van der Waals surface area contributed by atoms with Crippen LogP contribution in [0, 0.1) is 23.7 Å². The van der Waals surface area contributed by atoms with Crippen LogP contribution in [0.4, 0.5) is 0 Å². The maximum atomic E-state index is 15.2. The zero-order valence-electron chi connectivity index (χ0n) is 87.1. The molecular formula is C102H168N18O29. The van der Waals surface area contributed by atoms with Crippen LogP contribution in [-0.2, 0) is 67.1 Å². The summed E-state index contributed by atoms with van der Waals surface area (Å²) in [7, 11) is 0. The van der Waals surface area contributed by atoms with E-state index in [-0.39, 0.29) is 100 Å². The number of carbonyl (C=O) groups is 14. The number of aliphatic hydroxyl groups is 13. The molecule has 149 heavy (non-hydrogen) atoms. The van der Waals surface area contributed by atoms with Crippen molar-refractivity contribution in [1.82, 2.24) is 72.8 Å². The van der Waals surface area contributed by atoms with E-state index in [9.17, 15) is 120 Å². The minimum Gasteiger partial charge on any atom is -0.508 e. The number of rotatable bonds is 56. The Bertz CT molecular complexity index is 4630. The number of benzene rings is 2. The summed E-state index contributed by atoms with van der Waals surface area (Å²) in [6, 6.07) is -14.5. The van der Waals surface area contributed by atoms with Crippen molar-refractivity contribution in [3.05, 3.63) is 59.7 Å². The molecule has 0 unspecified atom stereocenters. The van der Waals surface area contributed by atoms with Gasteiger partial charge in [-0.1, -0.05) is 156 Å². The summed E-state index contributed by atoms with van der Waals surface area (Å²) < 4.78 is 0. The summed E-state index contributed by atoms with van der Waals surface area (Å²) in [5, 5.41) is 196. The number of fused-ring (bicyclic) bond motifs is 2. The number of hydrogen-bond donors (Lipinski definition) is 28. The van der Waals surface area contributed by atoms with Crippen LogP contribution in [0.15, 0.2) is 53.5 Å². The Kier molecular flexibility index (Phi) is 52.7. The highest BCUT2D eigenvalue weighted by atomic mass is 16.3. The number of nitrogens with zero attached hydrogens (tertiary/aromatic N) is 5. The van der Waals surface area contributed by atoms with Crippen molar-refractivity contribution in [3.63, 3.8) is 0 Å². The number of unbranched alkanes of at least 4 members (excludes halogenated alkanes) is 10. The monoisotopic (exact) mass is 2110 g/mol. The van der Waals surface area contributed by atoms with E-state index in [1.165, 1.54) is 18.3 Å². The molecule has 7 rings (SSSR count). The van der Waals surface area contributed by atoms with E-state index in [1.807, 2.05) is 0 Å². The fourth-order valence-corrected chi connectivity index (χ4v) is 19.9. The smallest absolute Gasteiger partial charge is 0.248 e. The molecule has 5 saturated heterocycles. The van der Waals surface area contributed by atoms with E-state index in [1.54, 1.807) is 0 Å². The lowest BCUT2D eigenvalue weighted by molar-refractivity contribution is -0.148. The van der Waals surface area contributed by atoms with E-state index in [2.05, 4.69) is 99.7 Å². The quantitative estimate of drug-likeness (QED) is 0.0222. The number of nitrogens with two attached hydrogens (primary N) is 3. The number of nitrogens with one attached hydrogen (secondary N) is 10. The van der Waals surface area contributed by atoms with Crippen molar-refractivity contribution in [1.29, 1.82) is 0 Å². The SMILES string of the molecule is CC[C@H](C)C[C@H](C)CCCCCCCCC(=O)N[C@@H](CCC=NCCN[C@H]1NC(=O)[C@@H]2[C@@H](O)CCN2C(=O)[C@H]([C@H](O)CCN)NC(=O)[C@H]([C@H](O)[C@@H](O)c2ccc(O)cc2)NC(=O)[C@@H]2C[C@@H](O)CN2C(=O)[C@H]([C@@H](C)O)NC(=O)[C@@H](NC(=O)CCCCCCCC[C@@H](C)C[C@@H](C)CC)C[C@H]1O)C(=O)N[C@H](C(=O)N1C[C@H](O)C[C@H]1C(=O)N[C@H](C(=O)N[C@H](C(=O)N1CC[C@H](O)[C@H]1C(N)=O)[C@H](O)CCN)[C@H](O)[C@@H](O)c1ccc(O)cc1)[C@@H](C)O. The van der Waals surface area contributed by atoms with Gasteiger partial charge in [-0.2, -0.15) is 0 Å². The van der Waals surface area contributed by atoms with Gasteiger partial charge >= 0.3 is 0 Å². The zero-order chi connectivity index (χ0) is 110. The van der Waals surface area contributed by atoms with Gasteiger partial charge in [0.25, 0.3) is 0 Å². The molecule has 14 amide bonds. The van der Waals surface area contributed by atoms with Crippen LogP contribution in [0.2, 0.25) is 0 Å². The highest BCUT2D eigenvalue weighted by Gasteiger charge is 2.53. The summed E-state index contributed by atoms with van der Waals surface area (Å²) >= 11 is 0. The number of primary amides is 1. The van der Waals surface area contributed by atoms with E-state index >= 15 is 24.0 Å². The zero-order valence-corrected chi connectivity index (χ0v) is 87.1. The van der Waals surface area contributed by atoms with Gasteiger partial charge in [0.15, 0.2) is 0 Å². The predicted molar refractivity (Wildman–Crippen MR) is 543 cm³/mol. The van der Waals surface area contributed by atoms with Crippen molar-refractivity contribution < 1.29 is 144 Å². The highest BCUT2D eigenvalue weighted by Crippen LogP contribution is 2.32. The molecule has 5 aliphatic rings. The third-order valence-corrected chi connectivity index (χ3v) is 28.9. The average Bonchev–Trinajstić information content (AvgIpc) is 1.71. The fourth-order valence-electron chi connectivity index (χ4n) is 19.9. The molecule has 5 aliphatic heterocycles. The van der Waals surface area contributed by atoms with Crippen molar-refractivity contribution in [3.8, 4) is 11.5 Å². The molecule has 0 bridgehead atoms. The van der Waals surface area contributed by atoms with Gasteiger partial charge < -0.3 is 161 Å². The molecular weight excluding hydrogens is 1940 g/mol. The van der Waals surface area contributed by atoms with E-state index in [0.29, 0.717) is 49.4 Å². The van der Waals surface area contributed by atoms with Crippen LogP contribution in [0.1, 0.15) is 265 Å². The number of amides is 14. The number of β-amino-alcohol motifs (C(OH)–C–C–N with tert-alkyl or cyclic N) is 1. The van der Waals surface area contributed by atoms with Crippen molar-refractivity contribution in [2.45, 2.75) is 400 Å². The van der Waals surface area contributed by atoms with Crippen LogP contribution in [0.3, 0.4) is 0 Å². The number of aliphatic imine (C=N–C) groups is 1. The molecule has 47 nitrogen and oxygen atoms in total. The summed E-state index contributed by atoms with van der Waals surface area (Å²) in [5.74, 6) is -14.6. The van der Waals surface area contributed by atoms with Crippen molar-refractivity contribution >= 4 is 88.9 Å². The Balaban J connectivity index is 1.20. The van der Waals surface area contributed by atoms with Crippen LogP contribution < -0.4 is 70.4 Å². The number of phenols is 2. The molecule has 31 N–H and O–H groups in total. The van der Waals surface area contributed by atoms with Crippen molar-refractivity contribution in [2.75, 3.05) is 52.4 Å². The number of phenolic OH excluding ortho intramolecular Hbond substituents is 2. The Hall–Kier alpha value is -10.3. The van der Waals surface area contributed by atoms with Gasteiger partial charge in [-0.15, -0.1) is 0 Å². The number of carbonyl (C=O) groups excluding carboxylic acids is 14. The minimum atomic E-state index is -2.40. The molecule has 5 fully saturated rings. The third-order valence-electron chi connectivity index (χ3n) is 28.9. The molecule has 30 atom stereocenters. The second-order valence-electron chi connectivity index (χ2n) is 41.3. The van der Waals surface area contributed by atoms with Gasteiger partial charge in [-0.25, -0.2) is 0 Å². The maximum Gasteiger partial charge on any atom is 0.248 e. The number of likely N-dealkylation sites (tertiary alicyclic amines) is 2. The summed E-state index contributed by atoms with van der Waals surface area (Å²) in [6.07, 6.45) is -13.6. The van der Waals surface area contributed by atoms with Crippen LogP contribution in [-0.4, -0.2) is 383 Å². The highest BCUT2D eigenvalue weighted by molar-refractivity contribution is 6.01. The van der Waals surface area contributed by atoms with Gasteiger partial charge in [-0.3, -0.25) is 77.4 Å². The Morgan fingerprint density at radius 2 is 1.03 bits per heavy atom. The van der Waals surface area contributed by atoms with E-state index in [0.717, 1.165) is 160 Å². The van der Waals surface area contributed by atoms with Gasteiger partial charge in [0.2, 0.25) is 82.7 Å². The first-order valence-corrected chi connectivity index (χ1v) is 52.9. The van der Waals surface area contributed by atoms with E-state index in [4.69, 9.17) is 17.2 Å². The minimum absolute atomic E-state index is 0.0815. The van der Waals surface area contributed by atoms with Gasteiger partial charge in [0.1, 0.15) is 115 Å². The first-order valence-electron chi connectivity index (χ1n) is 52.9. The number of aromatic hydroxyl groups is 2. The molecule has 0 aliphatic carbocycles. The van der Waals surface area contributed by atoms with Crippen LogP contribution >= 0.6 is 0 Å². The maximum absolute atomic E-state index is 15.2. The van der Waals surface area contributed by atoms with Crippen molar-refractivity contribution in [2.24, 2.45) is 45.9 Å². The largest absolute Gasteiger partial charge is 0.508 e. The number of hydrogen-bond acceptors (Lipinski definition) is 33. The predicted octanol–water partition coefficient (Wildman–Crippen LogP) is -3.99. The first kappa shape index (κ1) is 126. The molecule has 5 heterocycles. The fraction of sp³-hybridized carbons (Fsp3) is 0.735. The van der Waals surface area contributed by atoms with Crippen LogP contribution in [0.5, 0.6) is 11.5 Å². The molecule has 2 aromatic rings. The average molecular weight is 2110 g/mol. The summed E-state index contributed by atoms with van der Waals surface area (Å²) in [4.78, 5) is 213. The standard InChI is InChI=1S/C102H168N18O29/c1-9-55(3)48-57(5)24-19-15-11-13-17-21-27-76(132)108-67(92(139)110-78(59(7)121)99(146)119-53-65(125)50-69(119)94(141)114-82(88(136)86(134)61-29-33-63(123)34-30-61)96(143)112-80(71(127)37-41-103)101(148)117-46-39-73(129)84(117)90(105)138)26-23-43-106-44-45-107-91-75(131)52-68(109-77(133)28-22-18-14-12-16-20-25-58(6)49-56(4)10-2)93(140)111-79(60(8)122)100(147)120-54-66(126)51-70(120)95(142)115-83(89(137)87(135)62-31-35-64(124)36-32-62)97(144)113-81(72(128)38-42-104)102(149)118-47-40-74(130)85(118)98(145)116-91/h29-36,43,55-60,65-75,78-89,91,107,121-131,134-137H,9-28,37-42,44-54,103-104H2,1-8H3,(H2,105,138)(H,108,132)(H,109,133)(H,110,139)(H,111,140)(H,112,143)(H,113,144)(H,114,141)(H,115,142)(H,116,145)/t55-,56-,57+,58+,59+,60+,65+,66+,67-,68-,69-,70-,71+,72+,73-,74-,75+,78-,79-,80-,81-,82-,83-,84-,85-,86-,87-,88-,89-,91-/m0/s1. The molecule has 0 saturated carbocycles. The van der Waals surface area contributed by atoms with Gasteiger partial charge in [0, 0.05) is 64.8 Å². The van der Waals surface area contributed by atoms with Gasteiger partial charge in [0.05, 0.1) is 61.5 Å². The normalized spacial score (nSPS) is 25.6.